The molecule has 8 nitrogen and oxygen atoms in total. The third-order valence-corrected chi connectivity index (χ3v) is 4.47. The lowest BCUT2D eigenvalue weighted by Gasteiger charge is -2.26. The molecule has 0 unspecified atom stereocenters. The first kappa shape index (κ1) is 19.2. The van der Waals surface area contributed by atoms with Crippen LogP contribution in [0.5, 0.6) is 0 Å². The van der Waals surface area contributed by atoms with Crippen molar-refractivity contribution < 1.29 is 19.4 Å². The number of hydrogen-bond donors (Lipinski definition) is 3. The average Bonchev–Trinajstić information content (AvgIpc) is 2.72. The third kappa shape index (κ3) is 5.22. The van der Waals surface area contributed by atoms with E-state index in [1.54, 1.807) is 12.1 Å². The number of fused-ring (bicyclic) bond motifs is 1. The van der Waals surface area contributed by atoms with Gasteiger partial charge in [0, 0.05) is 31.6 Å². The Morgan fingerprint density at radius 1 is 1.19 bits per heavy atom. The van der Waals surface area contributed by atoms with Gasteiger partial charge in [-0.2, -0.15) is 0 Å². The second kappa shape index (κ2) is 9.40. The summed E-state index contributed by atoms with van der Waals surface area (Å²) in [6.07, 6.45) is 0. The molecule has 1 aromatic carbocycles. The van der Waals surface area contributed by atoms with Gasteiger partial charge in [0.05, 0.1) is 25.3 Å². The van der Waals surface area contributed by atoms with Gasteiger partial charge in [0.15, 0.2) is 0 Å². The number of benzene rings is 1. The normalized spacial score (nSPS) is 16.0. The highest BCUT2D eigenvalue weighted by molar-refractivity contribution is 5.97. The average molecular weight is 372 g/mol. The van der Waals surface area contributed by atoms with Crippen LogP contribution in [0.2, 0.25) is 0 Å². The first-order valence-electron chi connectivity index (χ1n) is 9.02. The number of carbonyl (C=O) groups excluding carboxylic acids is 2. The van der Waals surface area contributed by atoms with E-state index in [1.807, 2.05) is 24.3 Å². The molecule has 27 heavy (non-hydrogen) atoms. The van der Waals surface area contributed by atoms with E-state index in [0.717, 1.165) is 18.5 Å². The smallest absolute Gasteiger partial charge is 0.270 e. The van der Waals surface area contributed by atoms with Crippen molar-refractivity contribution in [2.45, 2.75) is 6.04 Å². The molecule has 1 fully saturated rings. The van der Waals surface area contributed by atoms with Gasteiger partial charge in [-0.25, -0.2) is 4.98 Å². The lowest BCUT2D eigenvalue weighted by atomic mass is 10.2. The first-order chi connectivity index (χ1) is 13.2. The Balaban J connectivity index is 1.52. The van der Waals surface area contributed by atoms with E-state index < -0.39 is 24.5 Å². The summed E-state index contributed by atoms with van der Waals surface area (Å²) in [4.78, 5) is 31.1. The molecule has 0 radical (unpaired) electrons. The van der Waals surface area contributed by atoms with Crippen molar-refractivity contribution in [3.05, 3.63) is 42.1 Å². The number of nitrogens with zero attached hydrogens (tertiary/aromatic N) is 2. The van der Waals surface area contributed by atoms with Gasteiger partial charge in [-0.3, -0.25) is 14.5 Å². The minimum atomic E-state index is -1.02. The highest BCUT2D eigenvalue weighted by atomic mass is 16.5. The van der Waals surface area contributed by atoms with Crippen LogP contribution in [-0.4, -0.2) is 78.8 Å². The quantitative estimate of drug-likeness (QED) is 0.621. The fourth-order valence-corrected chi connectivity index (χ4v) is 2.90. The van der Waals surface area contributed by atoms with Crippen molar-refractivity contribution in [2.75, 3.05) is 46.0 Å². The Kier molecular flexibility index (Phi) is 6.69. The van der Waals surface area contributed by atoms with E-state index >= 15 is 0 Å². The monoisotopic (exact) mass is 372 g/mol. The van der Waals surface area contributed by atoms with Crippen LogP contribution in [0.4, 0.5) is 0 Å². The Bertz CT molecular complexity index is 792. The zero-order valence-electron chi connectivity index (χ0n) is 15.1. The first-order valence-corrected chi connectivity index (χ1v) is 9.02. The summed E-state index contributed by atoms with van der Waals surface area (Å²) in [5.74, 6) is -0.914. The Morgan fingerprint density at radius 3 is 2.74 bits per heavy atom. The van der Waals surface area contributed by atoms with Gasteiger partial charge in [0.25, 0.3) is 5.91 Å². The van der Waals surface area contributed by atoms with Crippen LogP contribution >= 0.6 is 0 Å². The predicted octanol–water partition coefficient (Wildman–Crippen LogP) is -0.226. The number of nitrogens with one attached hydrogen (secondary N) is 2. The maximum atomic E-state index is 12.4. The summed E-state index contributed by atoms with van der Waals surface area (Å²) < 4.78 is 5.28. The Morgan fingerprint density at radius 2 is 1.96 bits per heavy atom. The number of rotatable bonds is 7. The maximum Gasteiger partial charge on any atom is 0.270 e. The van der Waals surface area contributed by atoms with Crippen LogP contribution < -0.4 is 10.6 Å². The molecule has 0 bridgehead atoms. The third-order valence-electron chi connectivity index (χ3n) is 4.47. The predicted molar refractivity (Wildman–Crippen MR) is 100 cm³/mol. The number of carbonyl (C=O) groups is 2. The van der Waals surface area contributed by atoms with E-state index in [9.17, 15) is 14.7 Å². The van der Waals surface area contributed by atoms with E-state index in [4.69, 9.17) is 4.74 Å². The van der Waals surface area contributed by atoms with Crippen LogP contribution in [0.25, 0.3) is 10.9 Å². The fraction of sp³-hybridized carbons (Fsp3) is 0.421. The Hall–Kier alpha value is -2.55. The number of morpholine rings is 1. The number of para-hydroxylation sites is 1. The molecule has 2 heterocycles. The summed E-state index contributed by atoms with van der Waals surface area (Å²) >= 11 is 0. The molecule has 8 heteroatoms. The van der Waals surface area contributed by atoms with Crippen molar-refractivity contribution >= 4 is 22.7 Å². The molecule has 144 valence electrons. The SMILES string of the molecule is O=C(N[C@@H](CO)C(=O)NCCN1CCOCC1)c1ccc2ccccc2n1. The molecule has 1 saturated heterocycles. The molecule has 1 aromatic heterocycles. The molecule has 1 aliphatic heterocycles. The van der Waals surface area contributed by atoms with Crippen LogP contribution in [0.15, 0.2) is 36.4 Å². The summed E-state index contributed by atoms with van der Waals surface area (Å²) in [5, 5.41) is 15.7. The maximum absolute atomic E-state index is 12.4. The largest absolute Gasteiger partial charge is 0.394 e. The van der Waals surface area contributed by atoms with Gasteiger partial charge >= 0.3 is 0 Å². The standard InChI is InChI=1S/C19H24N4O4/c24-13-17(18(25)20-7-8-23-9-11-27-12-10-23)22-19(26)16-6-5-14-3-1-2-4-15(14)21-16/h1-6,17,24H,7-13H2,(H,20,25)(H,22,26)/t17-/m0/s1. The molecule has 2 aromatic rings. The van der Waals surface area contributed by atoms with Gasteiger partial charge in [0.1, 0.15) is 11.7 Å². The molecule has 0 spiro atoms. The summed E-state index contributed by atoms with van der Waals surface area (Å²) in [7, 11) is 0. The molecule has 1 atom stereocenters. The van der Waals surface area contributed by atoms with Crippen molar-refractivity contribution in [1.82, 2.24) is 20.5 Å². The van der Waals surface area contributed by atoms with Gasteiger partial charge in [-0.15, -0.1) is 0 Å². The zero-order chi connectivity index (χ0) is 19.1. The zero-order valence-corrected chi connectivity index (χ0v) is 15.1. The molecule has 3 N–H and O–H groups in total. The lowest BCUT2D eigenvalue weighted by Crippen LogP contribution is -2.50. The molecule has 2 amide bonds. The van der Waals surface area contributed by atoms with E-state index in [0.29, 0.717) is 31.8 Å². The second-order valence-corrected chi connectivity index (χ2v) is 6.34. The van der Waals surface area contributed by atoms with Crippen LogP contribution in [-0.2, 0) is 9.53 Å². The number of amides is 2. The summed E-state index contributed by atoms with van der Waals surface area (Å²) in [6, 6.07) is 9.84. The fourth-order valence-electron chi connectivity index (χ4n) is 2.90. The molecule has 3 rings (SSSR count). The van der Waals surface area contributed by atoms with E-state index in [-0.39, 0.29) is 5.69 Å². The Labute approximate surface area is 157 Å². The second-order valence-electron chi connectivity index (χ2n) is 6.34. The number of aliphatic hydroxyl groups excluding tert-OH is 1. The number of ether oxygens (including phenoxy) is 1. The van der Waals surface area contributed by atoms with Gasteiger partial charge in [-0.05, 0) is 12.1 Å². The molecule has 0 aliphatic carbocycles. The van der Waals surface area contributed by atoms with Gasteiger partial charge in [-0.1, -0.05) is 24.3 Å². The van der Waals surface area contributed by atoms with Crippen LogP contribution in [0, 0.1) is 0 Å². The van der Waals surface area contributed by atoms with Crippen LogP contribution in [0.1, 0.15) is 10.5 Å². The number of aliphatic hydroxyl groups is 1. The van der Waals surface area contributed by atoms with Crippen molar-refractivity contribution in [2.24, 2.45) is 0 Å². The molecule has 0 saturated carbocycles. The summed E-state index contributed by atoms with van der Waals surface area (Å²) in [6.45, 7) is 3.73. The topological polar surface area (TPSA) is 104 Å². The van der Waals surface area contributed by atoms with Crippen LogP contribution in [0.3, 0.4) is 0 Å². The molecular formula is C19H24N4O4. The highest BCUT2D eigenvalue weighted by Crippen LogP contribution is 2.11. The summed E-state index contributed by atoms with van der Waals surface area (Å²) in [5.41, 5.74) is 0.897. The number of hydrogen-bond acceptors (Lipinski definition) is 6. The number of pyridine rings is 1. The lowest BCUT2D eigenvalue weighted by molar-refractivity contribution is -0.123. The van der Waals surface area contributed by atoms with Gasteiger partial charge < -0.3 is 20.5 Å². The minimum Gasteiger partial charge on any atom is -0.394 e. The number of aromatic nitrogens is 1. The van der Waals surface area contributed by atoms with Crippen molar-refractivity contribution in [3.63, 3.8) is 0 Å². The van der Waals surface area contributed by atoms with E-state index in [1.165, 1.54) is 0 Å². The molecular weight excluding hydrogens is 348 g/mol. The molecule has 1 aliphatic rings. The van der Waals surface area contributed by atoms with Crippen molar-refractivity contribution in [3.8, 4) is 0 Å². The highest BCUT2D eigenvalue weighted by Gasteiger charge is 2.21. The van der Waals surface area contributed by atoms with Crippen molar-refractivity contribution in [1.29, 1.82) is 0 Å². The van der Waals surface area contributed by atoms with E-state index in [2.05, 4.69) is 20.5 Å². The van der Waals surface area contributed by atoms with Gasteiger partial charge in [0.2, 0.25) is 5.91 Å². The minimum absolute atomic E-state index is 0.202.